The molecule has 0 unspecified atom stereocenters. The number of anilines is 1. The molecule has 0 aliphatic rings. The Labute approximate surface area is 162 Å². The molecule has 0 saturated carbocycles. The number of carbonyl (C=O) groups is 2. The molecule has 146 valence electrons. The summed E-state index contributed by atoms with van der Waals surface area (Å²) in [6.07, 6.45) is 0.533. The van der Waals surface area contributed by atoms with E-state index < -0.39 is 18.5 Å². The minimum absolute atomic E-state index is 0.277. The highest BCUT2D eigenvalue weighted by Gasteiger charge is 2.22. The van der Waals surface area contributed by atoms with E-state index in [2.05, 4.69) is 15.6 Å². The van der Waals surface area contributed by atoms with Crippen molar-refractivity contribution >= 4 is 17.6 Å². The summed E-state index contributed by atoms with van der Waals surface area (Å²) < 4.78 is 11.9. The highest BCUT2D eigenvalue weighted by Crippen LogP contribution is 2.22. The Kier molecular flexibility index (Phi) is 5.58. The van der Waals surface area contributed by atoms with Crippen LogP contribution in [0.2, 0.25) is 0 Å². The summed E-state index contributed by atoms with van der Waals surface area (Å²) in [6.45, 7) is 6.75. The number of para-hydroxylation sites is 1. The van der Waals surface area contributed by atoms with Crippen LogP contribution >= 0.6 is 0 Å². The van der Waals surface area contributed by atoms with Crippen molar-refractivity contribution in [1.29, 1.82) is 0 Å². The van der Waals surface area contributed by atoms with E-state index in [0.29, 0.717) is 29.3 Å². The van der Waals surface area contributed by atoms with Gasteiger partial charge in [0.05, 0.1) is 28.5 Å². The fraction of sp³-hybridized carbons (Fsp3) is 0.300. The molecule has 3 aromatic rings. The van der Waals surface area contributed by atoms with Gasteiger partial charge in [0.15, 0.2) is 6.61 Å². The Balaban J connectivity index is 1.68. The third-order valence-electron chi connectivity index (χ3n) is 4.36. The summed E-state index contributed by atoms with van der Waals surface area (Å²) in [5.74, 6) is -0.698. The van der Waals surface area contributed by atoms with Gasteiger partial charge in [-0.1, -0.05) is 30.3 Å². The van der Waals surface area contributed by atoms with Gasteiger partial charge < -0.3 is 14.6 Å². The molecule has 28 heavy (non-hydrogen) atoms. The Bertz CT molecular complexity index is 1000. The Morgan fingerprint density at radius 3 is 2.57 bits per heavy atom. The van der Waals surface area contributed by atoms with E-state index in [1.54, 1.807) is 11.6 Å². The van der Waals surface area contributed by atoms with Gasteiger partial charge >= 0.3 is 5.97 Å². The van der Waals surface area contributed by atoms with Gasteiger partial charge in [-0.25, -0.2) is 9.48 Å². The molecule has 0 spiro atoms. The molecular weight excluding hydrogens is 360 g/mol. The van der Waals surface area contributed by atoms with Crippen molar-refractivity contribution in [2.45, 2.75) is 34.1 Å². The number of nitrogens with one attached hydrogen (secondary N) is 1. The first-order valence-electron chi connectivity index (χ1n) is 8.96. The van der Waals surface area contributed by atoms with E-state index in [1.807, 2.05) is 51.1 Å². The third kappa shape index (κ3) is 3.80. The fourth-order valence-electron chi connectivity index (χ4n) is 2.94. The van der Waals surface area contributed by atoms with Crippen molar-refractivity contribution in [2.75, 3.05) is 11.9 Å². The molecule has 3 rings (SSSR count). The highest BCUT2D eigenvalue weighted by atomic mass is 16.5. The number of nitrogens with zero attached hydrogens (tertiary/aromatic N) is 3. The second-order valence-electron chi connectivity index (χ2n) is 6.33. The van der Waals surface area contributed by atoms with Gasteiger partial charge in [0, 0.05) is 0 Å². The maximum Gasteiger partial charge on any atom is 0.344 e. The van der Waals surface area contributed by atoms with Crippen LogP contribution in [-0.2, 0) is 16.0 Å². The average Bonchev–Trinajstić information content (AvgIpc) is 3.21. The van der Waals surface area contributed by atoms with Crippen molar-refractivity contribution in [1.82, 2.24) is 14.9 Å². The standard InChI is InChI=1S/C20H22N4O4/c1-5-16-18(14(4)28-23-16)20(26)27-11-17(25)21-19-12(2)22-24(13(19)3)15-9-7-6-8-10-15/h6-10H,5,11H2,1-4H3,(H,21,25). The molecule has 1 aromatic carbocycles. The van der Waals surface area contributed by atoms with Crippen molar-refractivity contribution < 1.29 is 18.8 Å². The Morgan fingerprint density at radius 2 is 1.89 bits per heavy atom. The van der Waals surface area contributed by atoms with E-state index >= 15 is 0 Å². The number of hydrogen-bond acceptors (Lipinski definition) is 6. The minimum atomic E-state index is -0.626. The number of benzene rings is 1. The first kappa shape index (κ1) is 19.3. The number of ether oxygens (including phenoxy) is 1. The van der Waals surface area contributed by atoms with Crippen LogP contribution in [0.1, 0.15) is 40.1 Å². The lowest BCUT2D eigenvalue weighted by Gasteiger charge is -2.08. The zero-order chi connectivity index (χ0) is 20.3. The van der Waals surface area contributed by atoms with E-state index in [9.17, 15) is 9.59 Å². The van der Waals surface area contributed by atoms with Crippen LogP contribution in [0.4, 0.5) is 5.69 Å². The molecule has 1 amide bonds. The number of aromatic nitrogens is 3. The number of aryl methyl sites for hydroxylation is 3. The minimum Gasteiger partial charge on any atom is -0.452 e. The quantitative estimate of drug-likeness (QED) is 0.658. The first-order valence-corrected chi connectivity index (χ1v) is 8.96. The van der Waals surface area contributed by atoms with Crippen LogP contribution in [0, 0.1) is 20.8 Å². The van der Waals surface area contributed by atoms with Gasteiger partial charge in [-0.2, -0.15) is 5.10 Å². The molecule has 0 fully saturated rings. The van der Waals surface area contributed by atoms with Crippen LogP contribution in [0.25, 0.3) is 5.69 Å². The van der Waals surface area contributed by atoms with E-state index in [1.165, 1.54) is 0 Å². The van der Waals surface area contributed by atoms with Crippen molar-refractivity contribution in [3.63, 3.8) is 0 Å². The van der Waals surface area contributed by atoms with Gasteiger partial charge in [-0.15, -0.1) is 0 Å². The maximum atomic E-state index is 12.3. The molecule has 2 heterocycles. The van der Waals surface area contributed by atoms with Gasteiger partial charge in [0.25, 0.3) is 5.91 Å². The average molecular weight is 382 g/mol. The van der Waals surface area contributed by atoms with Crippen LogP contribution in [0.15, 0.2) is 34.9 Å². The number of hydrogen-bond donors (Lipinski definition) is 1. The second kappa shape index (κ2) is 8.08. The summed E-state index contributed by atoms with van der Waals surface area (Å²) in [5.41, 5.74) is 3.74. The lowest BCUT2D eigenvalue weighted by atomic mass is 10.1. The summed E-state index contributed by atoms with van der Waals surface area (Å²) in [7, 11) is 0. The van der Waals surface area contributed by atoms with Crippen LogP contribution in [0.3, 0.4) is 0 Å². The molecule has 0 radical (unpaired) electrons. The summed E-state index contributed by atoms with van der Waals surface area (Å²) in [5, 5.41) is 11.1. The number of carbonyl (C=O) groups excluding carboxylic acids is 2. The van der Waals surface area contributed by atoms with Crippen LogP contribution in [-0.4, -0.2) is 33.4 Å². The van der Waals surface area contributed by atoms with E-state index in [4.69, 9.17) is 9.26 Å². The molecule has 1 N–H and O–H groups in total. The topological polar surface area (TPSA) is 99.2 Å². The second-order valence-corrected chi connectivity index (χ2v) is 6.33. The molecule has 0 aliphatic heterocycles. The summed E-state index contributed by atoms with van der Waals surface area (Å²) in [6, 6.07) is 9.62. The molecule has 8 heteroatoms. The zero-order valence-electron chi connectivity index (χ0n) is 16.3. The lowest BCUT2D eigenvalue weighted by Crippen LogP contribution is -2.22. The SMILES string of the molecule is CCc1noc(C)c1C(=O)OCC(=O)Nc1c(C)nn(-c2ccccc2)c1C. The van der Waals surface area contributed by atoms with Gasteiger partial charge in [-0.05, 0) is 39.3 Å². The summed E-state index contributed by atoms with van der Waals surface area (Å²) in [4.78, 5) is 24.6. The molecule has 8 nitrogen and oxygen atoms in total. The Hall–Kier alpha value is -3.42. The smallest absolute Gasteiger partial charge is 0.344 e. The number of rotatable bonds is 6. The number of esters is 1. The van der Waals surface area contributed by atoms with E-state index in [0.717, 1.165) is 11.4 Å². The van der Waals surface area contributed by atoms with E-state index in [-0.39, 0.29) is 5.56 Å². The normalized spacial score (nSPS) is 10.7. The predicted molar refractivity (Wildman–Crippen MR) is 103 cm³/mol. The largest absolute Gasteiger partial charge is 0.452 e. The summed E-state index contributed by atoms with van der Waals surface area (Å²) >= 11 is 0. The highest BCUT2D eigenvalue weighted by molar-refractivity contribution is 5.97. The predicted octanol–water partition coefficient (Wildman–Crippen LogP) is 3.14. The van der Waals surface area contributed by atoms with Crippen LogP contribution < -0.4 is 5.32 Å². The lowest BCUT2D eigenvalue weighted by molar-refractivity contribution is -0.119. The fourth-order valence-corrected chi connectivity index (χ4v) is 2.94. The third-order valence-corrected chi connectivity index (χ3v) is 4.36. The first-order chi connectivity index (χ1) is 13.4. The van der Waals surface area contributed by atoms with Crippen LogP contribution in [0.5, 0.6) is 0 Å². The van der Waals surface area contributed by atoms with Gasteiger partial charge in [0.2, 0.25) is 0 Å². The maximum absolute atomic E-state index is 12.3. The van der Waals surface area contributed by atoms with Crippen molar-refractivity contribution in [3.05, 3.63) is 58.7 Å². The molecule has 0 aliphatic carbocycles. The Morgan fingerprint density at radius 1 is 1.18 bits per heavy atom. The molecular formula is C20H22N4O4. The van der Waals surface area contributed by atoms with Crippen molar-refractivity contribution in [2.24, 2.45) is 0 Å². The van der Waals surface area contributed by atoms with Gasteiger partial charge in [0.1, 0.15) is 11.3 Å². The molecule has 2 aromatic heterocycles. The molecule has 0 bridgehead atoms. The number of amides is 1. The van der Waals surface area contributed by atoms with Crippen molar-refractivity contribution in [3.8, 4) is 5.69 Å². The van der Waals surface area contributed by atoms with Gasteiger partial charge in [-0.3, -0.25) is 4.79 Å². The molecule has 0 atom stereocenters. The monoisotopic (exact) mass is 382 g/mol. The molecule has 0 saturated heterocycles. The zero-order valence-corrected chi connectivity index (χ0v) is 16.3.